The maximum absolute atomic E-state index is 11.2. The van der Waals surface area contributed by atoms with Gasteiger partial charge in [0.25, 0.3) is 5.78 Å². The van der Waals surface area contributed by atoms with Crippen LogP contribution in [0.1, 0.15) is 35.7 Å². The van der Waals surface area contributed by atoms with Crippen molar-refractivity contribution in [2.75, 3.05) is 0 Å². The van der Waals surface area contributed by atoms with E-state index in [-0.39, 0.29) is 5.69 Å². The van der Waals surface area contributed by atoms with Crippen molar-refractivity contribution in [2.24, 2.45) is 0 Å². The lowest BCUT2D eigenvalue weighted by Crippen LogP contribution is -2.11. The van der Waals surface area contributed by atoms with Gasteiger partial charge in [0.15, 0.2) is 11.5 Å². The molecule has 0 fully saturated rings. The molecule has 0 aromatic carbocycles. The van der Waals surface area contributed by atoms with Crippen LogP contribution in [0.5, 0.6) is 0 Å². The summed E-state index contributed by atoms with van der Waals surface area (Å²) in [5.41, 5.74) is 0.812. The van der Waals surface area contributed by atoms with Gasteiger partial charge in [-0.3, -0.25) is 0 Å². The Morgan fingerprint density at radius 2 is 2.19 bits per heavy atom. The first-order valence-electron chi connectivity index (χ1n) is 5.14. The molecule has 0 spiro atoms. The molecule has 0 saturated carbocycles. The molecule has 0 bridgehead atoms. The number of fused-ring (bicyclic) bond motifs is 1. The van der Waals surface area contributed by atoms with E-state index in [1.54, 1.807) is 6.20 Å². The number of carboxylic acid groups (broad SMARTS) is 1. The SMILES string of the molecule is CCc1nc2ncc(CC)c(C(=O)O)n2n1. The Hall–Kier alpha value is -1.98. The van der Waals surface area contributed by atoms with Crippen LogP contribution in [-0.4, -0.2) is 30.7 Å². The lowest BCUT2D eigenvalue weighted by molar-refractivity contribution is 0.0686. The van der Waals surface area contributed by atoms with Crippen molar-refractivity contribution in [3.63, 3.8) is 0 Å². The molecular weight excluding hydrogens is 208 g/mol. The van der Waals surface area contributed by atoms with E-state index in [4.69, 9.17) is 5.11 Å². The van der Waals surface area contributed by atoms with Crippen LogP contribution in [0.3, 0.4) is 0 Å². The van der Waals surface area contributed by atoms with E-state index in [9.17, 15) is 4.79 Å². The van der Waals surface area contributed by atoms with E-state index in [1.165, 1.54) is 4.52 Å². The summed E-state index contributed by atoms with van der Waals surface area (Å²) in [6.07, 6.45) is 2.81. The number of aromatic nitrogens is 4. The number of nitrogens with zero attached hydrogens (tertiary/aromatic N) is 4. The van der Waals surface area contributed by atoms with Crippen LogP contribution >= 0.6 is 0 Å². The van der Waals surface area contributed by atoms with E-state index < -0.39 is 5.97 Å². The molecule has 0 aliphatic carbocycles. The fourth-order valence-electron chi connectivity index (χ4n) is 1.55. The average molecular weight is 220 g/mol. The van der Waals surface area contributed by atoms with E-state index in [0.29, 0.717) is 30.0 Å². The van der Waals surface area contributed by atoms with Gasteiger partial charge in [-0.2, -0.15) is 9.50 Å². The Balaban J connectivity index is 2.77. The van der Waals surface area contributed by atoms with Crippen molar-refractivity contribution in [1.29, 1.82) is 0 Å². The number of aryl methyl sites for hydroxylation is 2. The molecule has 0 aliphatic heterocycles. The van der Waals surface area contributed by atoms with Crippen LogP contribution in [0.4, 0.5) is 0 Å². The second kappa shape index (κ2) is 3.88. The van der Waals surface area contributed by atoms with E-state index in [0.717, 1.165) is 0 Å². The highest BCUT2D eigenvalue weighted by Crippen LogP contribution is 2.10. The average Bonchev–Trinajstić information content (AvgIpc) is 2.69. The summed E-state index contributed by atoms with van der Waals surface area (Å²) in [6.45, 7) is 3.79. The van der Waals surface area contributed by atoms with E-state index in [2.05, 4.69) is 15.1 Å². The molecular formula is C10H12N4O2. The third-order valence-electron chi connectivity index (χ3n) is 2.39. The normalized spacial score (nSPS) is 10.9. The highest BCUT2D eigenvalue weighted by molar-refractivity contribution is 5.87. The molecule has 1 N–H and O–H groups in total. The summed E-state index contributed by atoms with van der Waals surface area (Å²) in [4.78, 5) is 19.4. The lowest BCUT2D eigenvalue weighted by Gasteiger charge is -2.03. The molecule has 0 saturated heterocycles. The van der Waals surface area contributed by atoms with Gasteiger partial charge in [-0.05, 0) is 6.42 Å². The molecule has 0 amide bonds. The minimum Gasteiger partial charge on any atom is -0.476 e. The van der Waals surface area contributed by atoms with Crippen molar-refractivity contribution in [3.8, 4) is 0 Å². The van der Waals surface area contributed by atoms with Gasteiger partial charge in [0, 0.05) is 18.2 Å². The zero-order valence-corrected chi connectivity index (χ0v) is 9.14. The summed E-state index contributed by atoms with van der Waals surface area (Å²) in [6, 6.07) is 0. The number of rotatable bonds is 3. The Morgan fingerprint density at radius 1 is 1.44 bits per heavy atom. The zero-order valence-electron chi connectivity index (χ0n) is 9.14. The summed E-state index contributed by atoms with van der Waals surface area (Å²) in [5.74, 6) is -0.0634. The predicted molar refractivity (Wildman–Crippen MR) is 56.5 cm³/mol. The number of hydrogen-bond acceptors (Lipinski definition) is 4. The van der Waals surface area contributed by atoms with Gasteiger partial charge in [0.1, 0.15) is 0 Å². The van der Waals surface area contributed by atoms with Crippen molar-refractivity contribution in [3.05, 3.63) is 23.3 Å². The maximum atomic E-state index is 11.2. The third kappa shape index (κ3) is 1.52. The number of carbonyl (C=O) groups is 1. The first-order valence-corrected chi connectivity index (χ1v) is 5.14. The summed E-state index contributed by atoms with van der Waals surface area (Å²) >= 11 is 0. The molecule has 2 rings (SSSR count). The monoisotopic (exact) mass is 220 g/mol. The number of hydrogen-bond donors (Lipinski definition) is 1. The molecule has 0 atom stereocenters. The Kier molecular flexibility index (Phi) is 2.55. The minimum absolute atomic E-state index is 0.153. The number of aromatic carboxylic acids is 1. The highest BCUT2D eigenvalue weighted by atomic mass is 16.4. The largest absolute Gasteiger partial charge is 0.476 e. The van der Waals surface area contributed by atoms with E-state index >= 15 is 0 Å². The van der Waals surface area contributed by atoms with Crippen molar-refractivity contribution >= 4 is 11.7 Å². The maximum Gasteiger partial charge on any atom is 0.355 e. The van der Waals surface area contributed by atoms with Crippen LogP contribution in [0, 0.1) is 0 Å². The topological polar surface area (TPSA) is 80.4 Å². The third-order valence-corrected chi connectivity index (χ3v) is 2.39. The molecule has 84 valence electrons. The van der Waals surface area contributed by atoms with Gasteiger partial charge in [-0.1, -0.05) is 13.8 Å². The zero-order chi connectivity index (χ0) is 11.7. The van der Waals surface area contributed by atoms with Crippen LogP contribution in [0.2, 0.25) is 0 Å². The summed E-state index contributed by atoms with van der Waals surface area (Å²) in [5, 5.41) is 13.3. The smallest absolute Gasteiger partial charge is 0.355 e. The summed E-state index contributed by atoms with van der Waals surface area (Å²) < 4.78 is 1.31. The Labute approximate surface area is 92.0 Å². The summed E-state index contributed by atoms with van der Waals surface area (Å²) in [7, 11) is 0. The molecule has 0 radical (unpaired) electrons. The van der Waals surface area contributed by atoms with Gasteiger partial charge in [-0.25, -0.2) is 9.78 Å². The molecule has 2 aromatic rings. The van der Waals surface area contributed by atoms with Crippen LogP contribution in [0.25, 0.3) is 5.78 Å². The van der Waals surface area contributed by atoms with Gasteiger partial charge >= 0.3 is 5.97 Å². The predicted octanol–water partition coefficient (Wildman–Crippen LogP) is 0.947. The van der Waals surface area contributed by atoms with E-state index in [1.807, 2.05) is 13.8 Å². The Morgan fingerprint density at radius 3 is 2.75 bits per heavy atom. The fourth-order valence-corrected chi connectivity index (χ4v) is 1.55. The second-order valence-corrected chi connectivity index (χ2v) is 3.38. The van der Waals surface area contributed by atoms with Gasteiger partial charge in [0.05, 0.1) is 0 Å². The highest BCUT2D eigenvalue weighted by Gasteiger charge is 2.17. The molecule has 0 unspecified atom stereocenters. The van der Waals surface area contributed by atoms with Crippen LogP contribution in [0.15, 0.2) is 6.20 Å². The van der Waals surface area contributed by atoms with Gasteiger partial charge < -0.3 is 5.11 Å². The fraction of sp³-hybridized carbons (Fsp3) is 0.400. The van der Waals surface area contributed by atoms with Crippen LogP contribution < -0.4 is 0 Å². The quantitative estimate of drug-likeness (QED) is 0.832. The lowest BCUT2D eigenvalue weighted by atomic mass is 10.2. The molecule has 16 heavy (non-hydrogen) atoms. The second-order valence-electron chi connectivity index (χ2n) is 3.38. The van der Waals surface area contributed by atoms with Gasteiger partial charge in [0.2, 0.25) is 0 Å². The molecule has 2 heterocycles. The van der Waals surface area contributed by atoms with Crippen molar-refractivity contribution in [2.45, 2.75) is 26.7 Å². The first-order chi connectivity index (χ1) is 7.67. The Bertz CT molecular complexity index is 547. The molecule has 6 heteroatoms. The first kappa shape index (κ1) is 10.5. The molecule has 0 aliphatic rings. The van der Waals surface area contributed by atoms with Crippen molar-refractivity contribution in [1.82, 2.24) is 19.6 Å². The standard InChI is InChI=1S/C10H12N4O2/c1-3-6-5-11-10-12-7(4-2)13-14(10)8(6)9(15)16/h5H,3-4H2,1-2H3,(H,15,16). The molecule has 2 aromatic heterocycles. The van der Waals surface area contributed by atoms with Crippen LogP contribution in [-0.2, 0) is 12.8 Å². The van der Waals surface area contributed by atoms with Gasteiger partial charge in [-0.15, -0.1) is 5.10 Å². The number of carboxylic acids is 1. The minimum atomic E-state index is -1.00. The molecule has 6 nitrogen and oxygen atoms in total. The van der Waals surface area contributed by atoms with Crippen molar-refractivity contribution < 1.29 is 9.90 Å².